The molecule has 0 radical (unpaired) electrons. The van der Waals surface area contributed by atoms with E-state index in [2.05, 4.69) is 5.16 Å². The van der Waals surface area contributed by atoms with Gasteiger partial charge in [0, 0.05) is 17.5 Å². The normalized spacial score (nSPS) is 12.6. The van der Waals surface area contributed by atoms with Crippen LogP contribution in [0, 0.1) is 16.4 Å². The molecule has 0 atom stereocenters. The van der Waals surface area contributed by atoms with E-state index in [9.17, 15) is 19.5 Å². The van der Waals surface area contributed by atoms with Gasteiger partial charge in [-0.05, 0) is 32.9 Å². The maximum Gasteiger partial charge on any atom is 0.308 e. The highest BCUT2D eigenvalue weighted by atomic mass is 35.5. The van der Waals surface area contributed by atoms with E-state index < -0.39 is 34.1 Å². The number of ketones is 1. The molecular formula is C21H24ClFN2O5. The third-order valence-electron chi connectivity index (χ3n) is 3.67. The van der Waals surface area contributed by atoms with Crippen LogP contribution in [0.5, 0.6) is 11.5 Å². The van der Waals surface area contributed by atoms with Crippen LogP contribution in [0.4, 0.5) is 4.39 Å². The van der Waals surface area contributed by atoms with Gasteiger partial charge in [0.05, 0.1) is 10.6 Å². The molecule has 1 N–H and O–H groups in total. The van der Waals surface area contributed by atoms with Gasteiger partial charge in [0.15, 0.2) is 6.20 Å². The summed E-state index contributed by atoms with van der Waals surface area (Å²) in [5, 5.41) is 26.1. The number of benzene rings is 1. The molecule has 0 unspecified atom stereocenters. The van der Waals surface area contributed by atoms with Gasteiger partial charge in [-0.25, -0.2) is 4.39 Å². The van der Waals surface area contributed by atoms with Gasteiger partial charge in [0.25, 0.3) is 5.78 Å². The van der Waals surface area contributed by atoms with Crippen LogP contribution in [0.3, 0.4) is 0 Å². The van der Waals surface area contributed by atoms with Gasteiger partial charge in [-0.1, -0.05) is 37.5 Å². The summed E-state index contributed by atoms with van der Waals surface area (Å²) in [4.78, 5) is 18.5. The van der Waals surface area contributed by atoms with E-state index in [1.807, 2.05) is 20.8 Å². The van der Waals surface area contributed by atoms with Crippen LogP contribution in [0.2, 0.25) is 5.02 Å². The third kappa shape index (κ3) is 5.60. The molecule has 162 valence electrons. The number of pyridine rings is 1. The molecule has 0 bridgehead atoms. The smallest absolute Gasteiger partial charge is 0.308 e. The van der Waals surface area contributed by atoms with Gasteiger partial charge in [0.2, 0.25) is 11.6 Å². The van der Waals surface area contributed by atoms with Gasteiger partial charge >= 0.3 is 5.69 Å². The Kier molecular flexibility index (Phi) is 6.61. The minimum Gasteiger partial charge on any atom is -0.618 e. The van der Waals surface area contributed by atoms with Crippen LogP contribution in [0.15, 0.2) is 35.6 Å². The van der Waals surface area contributed by atoms with Gasteiger partial charge in [0.1, 0.15) is 17.2 Å². The Morgan fingerprint density at radius 1 is 1.23 bits per heavy atom. The van der Waals surface area contributed by atoms with Crippen molar-refractivity contribution in [3.63, 3.8) is 0 Å². The predicted molar refractivity (Wildman–Crippen MR) is 110 cm³/mol. The van der Waals surface area contributed by atoms with Crippen LogP contribution in [0.1, 0.15) is 57.6 Å². The first-order chi connectivity index (χ1) is 13.7. The number of rotatable bonds is 4. The summed E-state index contributed by atoms with van der Waals surface area (Å²) in [5.74, 6) is -2.43. The number of halogens is 2. The molecule has 2 rings (SSSR count). The Labute approximate surface area is 179 Å². The first kappa shape index (κ1) is 23.4. The van der Waals surface area contributed by atoms with Gasteiger partial charge in [-0.15, -0.1) is 0 Å². The number of hydrogen-bond donors (Lipinski definition) is 1. The molecule has 0 saturated heterocycles. The maximum absolute atomic E-state index is 13.5. The van der Waals surface area contributed by atoms with Crippen LogP contribution in [0.25, 0.3) is 0 Å². The molecule has 9 heteroatoms. The monoisotopic (exact) mass is 438 g/mol. The van der Waals surface area contributed by atoms with Gasteiger partial charge in [-0.2, -0.15) is 4.73 Å². The first-order valence-corrected chi connectivity index (χ1v) is 9.48. The fourth-order valence-electron chi connectivity index (χ4n) is 2.20. The Hall–Kier alpha value is -2.87. The minimum atomic E-state index is -0.898. The highest BCUT2D eigenvalue weighted by molar-refractivity contribution is 6.31. The summed E-state index contributed by atoms with van der Waals surface area (Å²) in [7, 11) is 0. The van der Waals surface area contributed by atoms with Crippen molar-refractivity contribution < 1.29 is 28.6 Å². The van der Waals surface area contributed by atoms with Crippen molar-refractivity contribution >= 4 is 23.3 Å². The van der Waals surface area contributed by atoms with Crippen molar-refractivity contribution in [1.82, 2.24) is 0 Å². The number of oxime groups is 1. The molecule has 0 aliphatic carbocycles. The maximum atomic E-state index is 13.5. The molecule has 2 aromatic rings. The van der Waals surface area contributed by atoms with Crippen molar-refractivity contribution in [2.24, 2.45) is 10.6 Å². The molecule has 1 aromatic heterocycles. The number of nitrogens with zero attached hydrogens (tertiary/aromatic N) is 2. The molecule has 0 aliphatic heterocycles. The van der Waals surface area contributed by atoms with Crippen molar-refractivity contribution in [3.05, 3.63) is 57.8 Å². The average Bonchev–Trinajstić information content (AvgIpc) is 2.59. The first-order valence-electron chi connectivity index (χ1n) is 9.10. The van der Waals surface area contributed by atoms with Crippen LogP contribution >= 0.6 is 11.6 Å². The highest BCUT2D eigenvalue weighted by Gasteiger charge is 2.31. The van der Waals surface area contributed by atoms with Crippen molar-refractivity contribution in [2.75, 3.05) is 0 Å². The summed E-state index contributed by atoms with van der Waals surface area (Å²) in [6.07, 6.45) is 1.10. The van der Waals surface area contributed by atoms with E-state index >= 15 is 0 Å². The van der Waals surface area contributed by atoms with Gasteiger partial charge in [-0.3, -0.25) is 4.79 Å². The van der Waals surface area contributed by atoms with Crippen molar-refractivity contribution in [2.45, 2.75) is 47.1 Å². The van der Waals surface area contributed by atoms with E-state index in [1.54, 1.807) is 20.8 Å². The second kappa shape index (κ2) is 8.47. The fraction of sp³-hybridized carbons (Fsp3) is 0.381. The lowest BCUT2D eigenvalue weighted by atomic mass is 9.96. The standard InChI is InChI=1S/C21H24ClFN2O5/c1-20(2,3)19(24-30-21(4,5)6)29-16-8-7-9-25(28)17(16)18(27)12-10-13(22)14(23)11-15(12)26/h7-11,26H,1-6H3/b24-19-. The lowest BCUT2D eigenvalue weighted by Gasteiger charge is -2.23. The topological polar surface area (TPSA) is 95.1 Å². The molecule has 30 heavy (non-hydrogen) atoms. The third-order valence-corrected chi connectivity index (χ3v) is 3.96. The number of phenols is 1. The zero-order chi connectivity index (χ0) is 22.9. The van der Waals surface area contributed by atoms with E-state index in [0.29, 0.717) is 10.8 Å². The highest BCUT2D eigenvalue weighted by Crippen LogP contribution is 2.30. The van der Waals surface area contributed by atoms with E-state index in [0.717, 1.165) is 12.3 Å². The minimum absolute atomic E-state index is 0.108. The molecule has 0 aliphatic rings. The van der Waals surface area contributed by atoms with Crippen LogP contribution < -0.4 is 9.47 Å². The lowest BCUT2D eigenvalue weighted by molar-refractivity contribution is -0.607. The molecule has 1 aromatic carbocycles. The average molecular weight is 439 g/mol. The van der Waals surface area contributed by atoms with Gasteiger partial charge < -0.3 is 19.9 Å². The van der Waals surface area contributed by atoms with Crippen LogP contribution in [-0.2, 0) is 4.84 Å². The largest absolute Gasteiger partial charge is 0.618 e. The Balaban J connectivity index is 2.55. The summed E-state index contributed by atoms with van der Waals surface area (Å²) < 4.78 is 19.7. The SMILES string of the molecule is CC(C)(C)O/N=C(\Oc1ccc[n+]([O-])c1C(=O)c1cc(Cl)c(F)cc1O)C(C)(C)C. The molecule has 0 spiro atoms. The molecule has 7 nitrogen and oxygen atoms in total. The molecule has 1 heterocycles. The number of aromatic nitrogens is 1. The summed E-state index contributed by atoms with van der Waals surface area (Å²) in [6.45, 7) is 10.9. The Morgan fingerprint density at radius 3 is 2.43 bits per heavy atom. The van der Waals surface area contributed by atoms with Crippen molar-refractivity contribution in [3.8, 4) is 11.5 Å². The zero-order valence-corrected chi connectivity index (χ0v) is 18.4. The summed E-state index contributed by atoms with van der Waals surface area (Å²) in [5.41, 5.74) is -1.99. The number of aromatic hydroxyl groups is 1. The number of hydrogen-bond acceptors (Lipinski definition) is 6. The summed E-state index contributed by atoms with van der Waals surface area (Å²) >= 11 is 5.73. The predicted octanol–water partition coefficient (Wildman–Crippen LogP) is 4.60. The fourth-order valence-corrected chi connectivity index (χ4v) is 2.37. The number of ether oxygens (including phenoxy) is 1. The molecule has 0 amide bonds. The zero-order valence-electron chi connectivity index (χ0n) is 17.6. The second-order valence-electron chi connectivity index (χ2n) is 8.61. The van der Waals surface area contributed by atoms with Crippen molar-refractivity contribution in [1.29, 1.82) is 0 Å². The number of phenolic OH excluding ortho intramolecular Hbond substituents is 1. The van der Waals surface area contributed by atoms with E-state index in [-0.39, 0.29) is 22.2 Å². The Bertz CT molecular complexity index is 994. The van der Waals surface area contributed by atoms with E-state index in [1.165, 1.54) is 12.1 Å². The number of carbonyl (C=O) groups excluding carboxylic acids is 1. The van der Waals surface area contributed by atoms with Crippen LogP contribution in [-0.4, -0.2) is 22.4 Å². The lowest BCUT2D eigenvalue weighted by Crippen LogP contribution is -2.37. The second-order valence-corrected chi connectivity index (χ2v) is 9.02. The molecular weight excluding hydrogens is 415 g/mol. The molecule has 0 saturated carbocycles. The quantitative estimate of drug-likeness (QED) is 0.188. The van der Waals surface area contributed by atoms with E-state index in [4.69, 9.17) is 21.2 Å². The summed E-state index contributed by atoms with van der Waals surface area (Å²) in [6, 6.07) is 4.45. The number of carbonyl (C=O) groups is 1. The molecule has 0 fully saturated rings. The Morgan fingerprint density at radius 2 is 1.87 bits per heavy atom.